The molecular formula is C16H21NO4S. The van der Waals surface area contributed by atoms with Crippen LogP contribution in [0.2, 0.25) is 0 Å². The molecule has 5 nitrogen and oxygen atoms in total. The van der Waals surface area contributed by atoms with Crippen LogP contribution >= 0.6 is 0 Å². The fourth-order valence-electron chi connectivity index (χ4n) is 1.80. The Morgan fingerprint density at radius 3 is 2.00 bits per heavy atom. The molecule has 3 N–H and O–H groups in total. The molecule has 0 bridgehead atoms. The Kier molecular flexibility index (Phi) is 7.20. The summed E-state index contributed by atoms with van der Waals surface area (Å²) >= 11 is 0. The van der Waals surface area contributed by atoms with Crippen molar-refractivity contribution in [3.63, 3.8) is 0 Å². The maximum atomic E-state index is 10.5. The summed E-state index contributed by atoms with van der Waals surface area (Å²) in [5, 5.41) is 8.73. The Morgan fingerprint density at radius 1 is 1.05 bits per heavy atom. The predicted molar refractivity (Wildman–Crippen MR) is 85.4 cm³/mol. The van der Waals surface area contributed by atoms with Gasteiger partial charge in [0.15, 0.2) is 0 Å². The van der Waals surface area contributed by atoms with Gasteiger partial charge in [0.05, 0.1) is 10.9 Å². The minimum absolute atomic E-state index is 0.0659. The Bertz CT molecular complexity index is 650. The van der Waals surface area contributed by atoms with E-state index in [1.807, 2.05) is 44.2 Å². The van der Waals surface area contributed by atoms with Crippen molar-refractivity contribution in [3.8, 4) is 0 Å². The maximum Gasteiger partial charge on any atom is 0.294 e. The van der Waals surface area contributed by atoms with Gasteiger partial charge in [-0.05, 0) is 31.0 Å². The molecule has 0 radical (unpaired) electrons. The van der Waals surface area contributed by atoms with Crippen LogP contribution < -0.4 is 5.48 Å². The first-order chi connectivity index (χ1) is 10.4. The van der Waals surface area contributed by atoms with Gasteiger partial charge in [0.25, 0.3) is 10.1 Å². The molecule has 0 amide bonds. The van der Waals surface area contributed by atoms with Crippen LogP contribution in [-0.4, -0.2) is 18.2 Å². The molecule has 0 spiro atoms. The smallest absolute Gasteiger partial charge is 0.294 e. The molecule has 0 aliphatic heterocycles. The number of aryl methyl sites for hydroxylation is 1. The van der Waals surface area contributed by atoms with Crippen LogP contribution in [0.4, 0.5) is 0 Å². The van der Waals surface area contributed by atoms with Crippen molar-refractivity contribution >= 4 is 10.1 Å². The normalized spacial score (nSPS) is 12.2. The number of hydrogen-bond donors (Lipinski definition) is 3. The van der Waals surface area contributed by atoms with Crippen LogP contribution in [0.3, 0.4) is 0 Å². The molecule has 0 saturated heterocycles. The average Bonchev–Trinajstić information content (AvgIpc) is 2.50. The van der Waals surface area contributed by atoms with E-state index in [-0.39, 0.29) is 10.9 Å². The third kappa shape index (κ3) is 5.95. The second-order valence-corrected chi connectivity index (χ2v) is 6.21. The van der Waals surface area contributed by atoms with Crippen molar-refractivity contribution in [3.05, 3.63) is 65.7 Å². The highest BCUT2D eigenvalue weighted by atomic mass is 32.2. The summed E-state index contributed by atoms with van der Waals surface area (Å²) in [7, 11) is -4.02. The first kappa shape index (κ1) is 18.3. The molecule has 6 heteroatoms. The molecule has 2 rings (SSSR count). The number of hydroxylamine groups is 1. The lowest BCUT2D eigenvalue weighted by atomic mass is 10.1. The number of nitrogens with one attached hydrogen (secondary N) is 1. The molecule has 0 fully saturated rings. The molecule has 0 heterocycles. The average molecular weight is 323 g/mol. The van der Waals surface area contributed by atoms with Crippen molar-refractivity contribution in [1.82, 2.24) is 5.48 Å². The molecule has 0 aliphatic carbocycles. The fourth-order valence-corrected chi connectivity index (χ4v) is 2.28. The Labute approximate surface area is 131 Å². The standard InChI is InChI=1S/C9H13NO.C7H8O3S/c1-2-9(10-11)8-6-4-3-5-7-8;1-6-2-4-7(5-3-6)11(8,9)10/h3-7,9-11H,2H2,1H3;2-5H,1H3,(H,8,9,10)/t9-;/m1./s1. The van der Waals surface area contributed by atoms with Crippen molar-refractivity contribution in [2.24, 2.45) is 0 Å². The lowest BCUT2D eigenvalue weighted by Gasteiger charge is -2.11. The zero-order valence-electron chi connectivity index (χ0n) is 12.6. The quantitative estimate of drug-likeness (QED) is 0.593. The first-order valence-electron chi connectivity index (χ1n) is 6.87. The summed E-state index contributed by atoms with van der Waals surface area (Å²) in [6, 6.07) is 15.9. The van der Waals surface area contributed by atoms with Crippen LogP contribution in [0.1, 0.15) is 30.5 Å². The zero-order chi connectivity index (χ0) is 16.6. The van der Waals surface area contributed by atoms with Gasteiger partial charge in [0, 0.05) is 0 Å². The summed E-state index contributed by atoms with van der Waals surface area (Å²) in [4.78, 5) is -0.0666. The minimum Gasteiger partial charge on any atom is -0.316 e. The van der Waals surface area contributed by atoms with Crippen LogP contribution in [0.15, 0.2) is 59.5 Å². The molecule has 0 aromatic heterocycles. The van der Waals surface area contributed by atoms with Crippen molar-refractivity contribution in [2.45, 2.75) is 31.2 Å². The second-order valence-electron chi connectivity index (χ2n) is 4.79. The van der Waals surface area contributed by atoms with Gasteiger partial charge in [-0.3, -0.25) is 4.55 Å². The molecule has 0 aliphatic rings. The first-order valence-corrected chi connectivity index (χ1v) is 8.31. The van der Waals surface area contributed by atoms with Gasteiger partial charge in [0.2, 0.25) is 0 Å². The van der Waals surface area contributed by atoms with Gasteiger partial charge >= 0.3 is 0 Å². The third-order valence-electron chi connectivity index (χ3n) is 3.08. The van der Waals surface area contributed by atoms with E-state index in [1.54, 1.807) is 12.1 Å². The molecule has 0 unspecified atom stereocenters. The molecule has 120 valence electrons. The van der Waals surface area contributed by atoms with Crippen molar-refractivity contribution in [1.29, 1.82) is 0 Å². The monoisotopic (exact) mass is 323 g/mol. The Morgan fingerprint density at radius 2 is 1.59 bits per heavy atom. The summed E-state index contributed by atoms with van der Waals surface area (Å²) in [6.07, 6.45) is 0.889. The van der Waals surface area contributed by atoms with Crippen LogP contribution in [-0.2, 0) is 10.1 Å². The van der Waals surface area contributed by atoms with E-state index < -0.39 is 10.1 Å². The van der Waals surface area contributed by atoms with E-state index in [0.717, 1.165) is 17.5 Å². The van der Waals surface area contributed by atoms with Gasteiger partial charge in [-0.15, -0.1) is 0 Å². The Hall–Kier alpha value is -1.73. The van der Waals surface area contributed by atoms with E-state index in [0.29, 0.717) is 0 Å². The predicted octanol–water partition coefficient (Wildman–Crippen LogP) is 3.36. The van der Waals surface area contributed by atoms with Crippen molar-refractivity contribution in [2.75, 3.05) is 0 Å². The number of rotatable bonds is 4. The SMILES string of the molecule is CC[C@@H](NO)c1ccccc1.Cc1ccc(S(=O)(=O)O)cc1. The summed E-state index contributed by atoms with van der Waals surface area (Å²) < 4.78 is 29.6. The highest BCUT2D eigenvalue weighted by molar-refractivity contribution is 7.85. The fraction of sp³-hybridized carbons (Fsp3) is 0.250. The zero-order valence-corrected chi connectivity index (χ0v) is 13.4. The minimum atomic E-state index is -4.02. The summed E-state index contributed by atoms with van der Waals surface area (Å²) in [6.45, 7) is 3.87. The molecule has 1 atom stereocenters. The van der Waals surface area contributed by atoms with Gasteiger partial charge < -0.3 is 5.21 Å². The highest BCUT2D eigenvalue weighted by Gasteiger charge is 2.07. The summed E-state index contributed by atoms with van der Waals surface area (Å²) in [5.74, 6) is 0. The highest BCUT2D eigenvalue weighted by Crippen LogP contribution is 2.14. The van der Waals surface area contributed by atoms with Gasteiger partial charge in [-0.25, -0.2) is 0 Å². The van der Waals surface area contributed by atoms with Crippen LogP contribution in [0, 0.1) is 6.92 Å². The number of benzene rings is 2. The van der Waals surface area contributed by atoms with E-state index in [4.69, 9.17) is 9.76 Å². The molecule has 2 aromatic carbocycles. The van der Waals surface area contributed by atoms with E-state index >= 15 is 0 Å². The van der Waals surface area contributed by atoms with Crippen molar-refractivity contribution < 1.29 is 18.2 Å². The third-order valence-corrected chi connectivity index (χ3v) is 3.95. The van der Waals surface area contributed by atoms with Crippen LogP contribution in [0.5, 0.6) is 0 Å². The second kappa shape index (κ2) is 8.65. The largest absolute Gasteiger partial charge is 0.316 e. The van der Waals surface area contributed by atoms with Crippen LogP contribution in [0.25, 0.3) is 0 Å². The van der Waals surface area contributed by atoms with Gasteiger partial charge in [-0.2, -0.15) is 13.9 Å². The maximum absolute atomic E-state index is 10.5. The van der Waals surface area contributed by atoms with E-state index in [1.165, 1.54) is 12.1 Å². The lowest BCUT2D eigenvalue weighted by Crippen LogP contribution is -2.15. The van der Waals surface area contributed by atoms with Gasteiger partial charge in [0.1, 0.15) is 0 Å². The Balaban J connectivity index is 0.000000220. The summed E-state index contributed by atoms with van der Waals surface area (Å²) in [5.41, 5.74) is 4.35. The molecule has 0 saturated carbocycles. The van der Waals surface area contributed by atoms with Gasteiger partial charge in [-0.1, -0.05) is 55.0 Å². The molecule has 22 heavy (non-hydrogen) atoms. The van der Waals surface area contributed by atoms with E-state index in [2.05, 4.69) is 5.48 Å². The number of hydrogen-bond acceptors (Lipinski definition) is 4. The lowest BCUT2D eigenvalue weighted by molar-refractivity contribution is 0.124. The van der Waals surface area contributed by atoms with E-state index in [9.17, 15) is 8.42 Å². The molecular weight excluding hydrogens is 302 g/mol. The topological polar surface area (TPSA) is 86.6 Å². The molecule has 2 aromatic rings.